The lowest BCUT2D eigenvalue weighted by Gasteiger charge is -2.37. The van der Waals surface area contributed by atoms with E-state index >= 15 is 0 Å². The van der Waals surface area contributed by atoms with Crippen LogP contribution in [0.5, 0.6) is 5.75 Å². The summed E-state index contributed by atoms with van der Waals surface area (Å²) in [6.07, 6.45) is 2.12. The first-order valence-electron chi connectivity index (χ1n) is 9.33. The second-order valence-corrected chi connectivity index (χ2v) is 7.87. The van der Waals surface area contributed by atoms with Gasteiger partial charge in [0.05, 0.1) is 11.7 Å². The Bertz CT molecular complexity index is 1110. The van der Waals surface area contributed by atoms with Gasteiger partial charge in [-0.1, -0.05) is 6.07 Å². The molecule has 2 N–H and O–H groups in total. The Kier molecular flexibility index (Phi) is 4.61. The van der Waals surface area contributed by atoms with Crippen molar-refractivity contribution in [3.05, 3.63) is 65.5 Å². The number of hydrogen-bond donors (Lipinski definition) is 2. The number of nitrogens with zero attached hydrogens (tertiary/aromatic N) is 1. The summed E-state index contributed by atoms with van der Waals surface area (Å²) < 4.78 is 33.9. The van der Waals surface area contributed by atoms with Crippen molar-refractivity contribution in [3.63, 3.8) is 0 Å². The first-order valence-corrected chi connectivity index (χ1v) is 9.33. The van der Waals surface area contributed by atoms with Crippen LogP contribution in [0.2, 0.25) is 0 Å². The van der Waals surface area contributed by atoms with Gasteiger partial charge in [0.25, 0.3) is 0 Å². The topological polar surface area (TPSA) is 63.2 Å². The average Bonchev–Trinajstić information content (AvgIpc) is 2.63. The number of aromatic nitrogens is 1. The molecule has 0 saturated heterocycles. The molecular weight excluding hydrogens is 376 g/mol. The summed E-state index contributed by atoms with van der Waals surface area (Å²) in [7, 11) is 0. The number of pyridine rings is 1. The van der Waals surface area contributed by atoms with Gasteiger partial charge in [0.15, 0.2) is 0 Å². The van der Waals surface area contributed by atoms with Crippen LogP contribution in [-0.2, 0) is 0 Å². The van der Waals surface area contributed by atoms with Crippen molar-refractivity contribution in [2.45, 2.75) is 38.8 Å². The van der Waals surface area contributed by atoms with Crippen LogP contribution in [0.25, 0.3) is 10.8 Å². The van der Waals surface area contributed by atoms with Crippen molar-refractivity contribution >= 4 is 22.5 Å². The molecule has 0 saturated carbocycles. The van der Waals surface area contributed by atoms with E-state index in [4.69, 9.17) is 4.74 Å². The standard InChI is InChI=1S/C22H21F2N3O2/c1-12-8-16-13(11-25-12)4-7-17(24)20(16)27-21(28)26-18-10-22(2,3)29-19-9-14(23)5-6-15(18)19/h4-9,11,18H,10H2,1-3H3,(H2,26,27,28)/t18-/m1/s1. The van der Waals surface area contributed by atoms with Crippen molar-refractivity contribution in [1.82, 2.24) is 10.3 Å². The highest BCUT2D eigenvalue weighted by atomic mass is 19.1. The molecule has 0 fully saturated rings. The summed E-state index contributed by atoms with van der Waals surface area (Å²) in [5.74, 6) is -0.552. The largest absolute Gasteiger partial charge is 0.487 e. The van der Waals surface area contributed by atoms with E-state index in [0.717, 1.165) is 5.39 Å². The average molecular weight is 397 g/mol. The highest BCUT2D eigenvalue weighted by Crippen LogP contribution is 2.40. The molecule has 4 rings (SSSR count). The molecule has 0 unspecified atom stereocenters. The molecule has 2 amide bonds. The quantitative estimate of drug-likeness (QED) is 0.621. The fourth-order valence-electron chi connectivity index (χ4n) is 3.68. The van der Waals surface area contributed by atoms with Crippen molar-refractivity contribution in [2.24, 2.45) is 0 Å². The molecule has 3 aromatic rings. The van der Waals surface area contributed by atoms with Gasteiger partial charge in [-0.3, -0.25) is 4.98 Å². The Hall–Kier alpha value is -3.22. The highest BCUT2D eigenvalue weighted by molar-refractivity contribution is 6.01. The Morgan fingerprint density at radius 3 is 2.79 bits per heavy atom. The highest BCUT2D eigenvalue weighted by Gasteiger charge is 2.35. The first-order chi connectivity index (χ1) is 13.7. The zero-order valence-electron chi connectivity index (χ0n) is 16.3. The molecule has 29 heavy (non-hydrogen) atoms. The number of amides is 2. The number of aryl methyl sites for hydroxylation is 1. The van der Waals surface area contributed by atoms with Gasteiger partial charge in [-0.2, -0.15) is 0 Å². The van der Waals surface area contributed by atoms with Crippen LogP contribution < -0.4 is 15.4 Å². The predicted octanol–water partition coefficient (Wildman–Crippen LogP) is 5.25. The van der Waals surface area contributed by atoms with Crippen LogP contribution in [0.4, 0.5) is 19.3 Å². The normalized spacial score (nSPS) is 17.3. The lowest BCUT2D eigenvalue weighted by molar-refractivity contribution is 0.0678. The van der Waals surface area contributed by atoms with E-state index < -0.39 is 29.3 Å². The summed E-state index contributed by atoms with van der Waals surface area (Å²) >= 11 is 0. The lowest BCUT2D eigenvalue weighted by Crippen LogP contribution is -2.42. The smallest absolute Gasteiger partial charge is 0.319 e. The summed E-state index contributed by atoms with van der Waals surface area (Å²) in [4.78, 5) is 16.9. The zero-order chi connectivity index (χ0) is 20.8. The van der Waals surface area contributed by atoms with Crippen molar-refractivity contribution in [2.75, 3.05) is 5.32 Å². The third-order valence-electron chi connectivity index (χ3n) is 4.97. The van der Waals surface area contributed by atoms with Crippen molar-refractivity contribution in [1.29, 1.82) is 0 Å². The molecule has 0 aliphatic carbocycles. The van der Waals surface area contributed by atoms with E-state index in [1.807, 2.05) is 13.8 Å². The number of ether oxygens (including phenoxy) is 1. The number of anilines is 1. The van der Waals surface area contributed by atoms with E-state index in [0.29, 0.717) is 28.8 Å². The molecule has 150 valence electrons. The number of hydrogen-bond acceptors (Lipinski definition) is 3. The van der Waals surface area contributed by atoms with E-state index in [1.54, 1.807) is 31.3 Å². The van der Waals surface area contributed by atoms with Crippen molar-refractivity contribution in [3.8, 4) is 5.75 Å². The van der Waals surface area contributed by atoms with Gasteiger partial charge >= 0.3 is 6.03 Å². The molecule has 1 atom stereocenters. The molecule has 1 aliphatic heterocycles. The number of fused-ring (bicyclic) bond motifs is 2. The Morgan fingerprint density at radius 1 is 1.21 bits per heavy atom. The number of urea groups is 1. The molecular formula is C22H21F2N3O2. The van der Waals surface area contributed by atoms with Crippen LogP contribution in [-0.4, -0.2) is 16.6 Å². The van der Waals surface area contributed by atoms with E-state index in [9.17, 15) is 13.6 Å². The minimum atomic E-state index is -0.591. The number of nitrogens with one attached hydrogen (secondary N) is 2. The number of halogens is 2. The molecule has 7 heteroatoms. The molecule has 2 aromatic carbocycles. The maximum absolute atomic E-state index is 14.5. The van der Waals surface area contributed by atoms with Gasteiger partial charge in [-0.25, -0.2) is 13.6 Å². The van der Waals surface area contributed by atoms with Crippen molar-refractivity contribution < 1.29 is 18.3 Å². The Balaban J connectivity index is 1.62. The molecule has 0 spiro atoms. The molecule has 0 bridgehead atoms. The maximum Gasteiger partial charge on any atom is 0.319 e. The molecule has 0 radical (unpaired) electrons. The molecule has 2 heterocycles. The fourth-order valence-corrected chi connectivity index (χ4v) is 3.68. The lowest BCUT2D eigenvalue weighted by atomic mass is 9.90. The summed E-state index contributed by atoms with van der Waals surface area (Å²) in [5.41, 5.74) is 0.899. The monoisotopic (exact) mass is 397 g/mol. The summed E-state index contributed by atoms with van der Waals surface area (Å²) in [6, 6.07) is 7.91. The van der Waals surface area contributed by atoms with E-state index in [-0.39, 0.29) is 5.69 Å². The third kappa shape index (κ3) is 3.85. The SMILES string of the molecule is Cc1cc2c(NC(=O)N[C@@H]3CC(C)(C)Oc4cc(F)ccc43)c(F)ccc2cn1. The minimum absolute atomic E-state index is 0.0937. The number of carbonyl (C=O) groups is 1. The third-order valence-corrected chi connectivity index (χ3v) is 4.97. The van der Waals surface area contributed by atoms with Gasteiger partial charge in [-0.05, 0) is 45.0 Å². The predicted molar refractivity (Wildman–Crippen MR) is 107 cm³/mol. The minimum Gasteiger partial charge on any atom is -0.487 e. The zero-order valence-corrected chi connectivity index (χ0v) is 16.3. The van der Waals surface area contributed by atoms with Crippen LogP contribution in [0, 0.1) is 18.6 Å². The second-order valence-electron chi connectivity index (χ2n) is 7.87. The van der Waals surface area contributed by atoms with Gasteiger partial charge in [0.2, 0.25) is 0 Å². The van der Waals surface area contributed by atoms with Gasteiger partial charge in [0, 0.05) is 40.7 Å². The van der Waals surface area contributed by atoms with Gasteiger partial charge in [-0.15, -0.1) is 0 Å². The molecule has 1 aromatic heterocycles. The van der Waals surface area contributed by atoms with Crippen LogP contribution in [0.1, 0.15) is 37.6 Å². The molecule has 1 aliphatic rings. The van der Waals surface area contributed by atoms with E-state index in [1.165, 1.54) is 18.2 Å². The fraction of sp³-hybridized carbons (Fsp3) is 0.273. The first kappa shape index (κ1) is 19.1. The number of carbonyl (C=O) groups excluding carboxylic acids is 1. The van der Waals surface area contributed by atoms with Crippen LogP contribution in [0.3, 0.4) is 0 Å². The van der Waals surface area contributed by atoms with Crippen LogP contribution in [0.15, 0.2) is 42.6 Å². The van der Waals surface area contributed by atoms with Crippen LogP contribution >= 0.6 is 0 Å². The Morgan fingerprint density at radius 2 is 2.00 bits per heavy atom. The number of rotatable bonds is 2. The number of benzene rings is 2. The van der Waals surface area contributed by atoms with E-state index in [2.05, 4.69) is 15.6 Å². The Labute approximate surface area is 167 Å². The van der Waals surface area contributed by atoms with Gasteiger partial charge < -0.3 is 15.4 Å². The summed E-state index contributed by atoms with van der Waals surface area (Å²) in [6.45, 7) is 5.54. The maximum atomic E-state index is 14.5. The molecule has 5 nitrogen and oxygen atoms in total. The second kappa shape index (κ2) is 6.99. The van der Waals surface area contributed by atoms with Gasteiger partial charge in [0.1, 0.15) is 23.0 Å². The summed E-state index contributed by atoms with van der Waals surface area (Å²) in [5, 5.41) is 6.79.